The molecule has 1 aromatic carbocycles. The zero-order chi connectivity index (χ0) is 13.1. The zero-order valence-electron chi connectivity index (χ0n) is 9.84. The molecule has 0 saturated heterocycles. The Morgan fingerprint density at radius 1 is 1.29 bits per heavy atom. The quantitative estimate of drug-likeness (QED) is 0.721. The van der Waals surface area contributed by atoms with Crippen molar-refractivity contribution in [3.05, 3.63) is 35.4 Å². The van der Waals surface area contributed by atoms with Gasteiger partial charge in [0.25, 0.3) is 0 Å². The van der Waals surface area contributed by atoms with E-state index in [1.54, 1.807) is 6.92 Å². The molecule has 0 spiro atoms. The summed E-state index contributed by atoms with van der Waals surface area (Å²) >= 11 is 0. The van der Waals surface area contributed by atoms with Crippen LogP contribution in [0, 0.1) is 5.92 Å². The molecule has 17 heavy (non-hydrogen) atoms. The van der Waals surface area contributed by atoms with Gasteiger partial charge < -0.3 is 0 Å². The number of carbonyl (C=O) groups is 1. The minimum atomic E-state index is -4.47. The van der Waals surface area contributed by atoms with Crippen molar-refractivity contribution < 1.29 is 18.0 Å². The summed E-state index contributed by atoms with van der Waals surface area (Å²) in [5, 5.41) is 0. The fraction of sp³-hybridized carbons (Fsp3) is 0.462. The largest absolute Gasteiger partial charge is 0.417 e. The summed E-state index contributed by atoms with van der Waals surface area (Å²) in [7, 11) is 0. The third-order valence-corrected chi connectivity index (χ3v) is 2.67. The van der Waals surface area contributed by atoms with Crippen molar-refractivity contribution in [3.8, 4) is 0 Å². The molecule has 0 radical (unpaired) electrons. The minimum Gasteiger partial charge on any atom is -0.294 e. The van der Waals surface area contributed by atoms with Crippen LogP contribution in [0.4, 0.5) is 13.2 Å². The maximum atomic E-state index is 12.7. The molecule has 1 rings (SSSR count). The van der Waals surface area contributed by atoms with E-state index in [0.29, 0.717) is 6.42 Å². The molecule has 1 unspecified atom stereocenters. The number of rotatable bonds is 4. The van der Waals surface area contributed by atoms with Crippen LogP contribution >= 0.6 is 0 Å². The van der Waals surface area contributed by atoms with Crippen molar-refractivity contribution >= 4 is 5.78 Å². The first-order valence-corrected chi connectivity index (χ1v) is 5.58. The van der Waals surface area contributed by atoms with E-state index in [1.807, 2.05) is 6.92 Å². The molecule has 0 aliphatic heterocycles. The zero-order valence-corrected chi connectivity index (χ0v) is 9.84. The van der Waals surface area contributed by atoms with Crippen LogP contribution in [0.25, 0.3) is 0 Å². The van der Waals surface area contributed by atoms with Gasteiger partial charge in [0.15, 0.2) is 5.78 Å². The summed E-state index contributed by atoms with van der Waals surface area (Å²) < 4.78 is 38.1. The molecular formula is C13H15F3O. The van der Waals surface area contributed by atoms with Crippen LogP contribution in [-0.2, 0) is 6.18 Å². The van der Waals surface area contributed by atoms with E-state index in [-0.39, 0.29) is 11.5 Å². The normalized spacial score (nSPS) is 13.5. The lowest BCUT2D eigenvalue weighted by molar-refractivity contribution is -0.137. The third-order valence-electron chi connectivity index (χ3n) is 2.67. The third kappa shape index (κ3) is 3.32. The Morgan fingerprint density at radius 3 is 2.41 bits per heavy atom. The molecule has 0 amide bonds. The number of ketones is 1. The van der Waals surface area contributed by atoms with Gasteiger partial charge in [-0.3, -0.25) is 4.79 Å². The Labute approximate surface area is 98.6 Å². The van der Waals surface area contributed by atoms with E-state index in [0.717, 1.165) is 12.5 Å². The molecule has 0 aromatic heterocycles. The molecule has 1 atom stereocenters. The van der Waals surface area contributed by atoms with Crippen molar-refractivity contribution in [1.29, 1.82) is 0 Å². The van der Waals surface area contributed by atoms with Crippen LogP contribution in [0.2, 0.25) is 0 Å². The molecule has 0 heterocycles. The smallest absolute Gasteiger partial charge is 0.294 e. The topological polar surface area (TPSA) is 17.1 Å². The lowest BCUT2D eigenvalue weighted by atomic mass is 9.92. The summed E-state index contributed by atoms with van der Waals surface area (Å²) in [6, 6.07) is 4.95. The Morgan fingerprint density at radius 2 is 1.88 bits per heavy atom. The Hall–Kier alpha value is -1.32. The summed E-state index contributed by atoms with van der Waals surface area (Å²) in [5.41, 5.74) is -1.06. The molecule has 0 N–H and O–H groups in total. The fourth-order valence-corrected chi connectivity index (χ4v) is 1.77. The molecule has 0 bridgehead atoms. The van der Waals surface area contributed by atoms with Crippen molar-refractivity contribution in [2.75, 3.05) is 0 Å². The van der Waals surface area contributed by atoms with E-state index >= 15 is 0 Å². The number of alkyl halides is 3. The number of halogens is 3. The van der Waals surface area contributed by atoms with Gasteiger partial charge in [-0.1, -0.05) is 38.5 Å². The standard InChI is InChI=1S/C13H15F3O/c1-3-6-9(2)12(17)10-7-4-5-8-11(10)13(14,15)16/h4-5,7-9H,3,6H2,1-2H3. The molecule has 0 aliphatic carbocycles. The fourth-order valence-electron chi connectivity index (χ4n) is 1.77. The van der Waals surface area contributed by atoms with Gasteiger partial charge in [0.1, 0.15) is 0 Å². The molecule has 0 fully saturated rings. The second-order valence-electron chi connectivity index (χ2n) is 4.10. The Kier molecular flexibility index (Phi) is 4.32. The monoisotopic (exact) mass is 244 g/mol. The van der Waals surface area contributed by atoms with Gasteiger partial charge in [-0.15, -0.1) is 0 Å². The molecule has 1 nitrogen and oxygen atoms in total. The molecule has 1 aromatic rings. The van der Waals surface area contributed by atoms with Crippen molar-refractivity contribution in [1.82, 2.24) is 0 Å². The first-order chi connectivity index (χ1) is 7.88. The molecular weight excluding hydrogens is 229 g/mol. The number of hydrogen-bond donors (Lipinski definition) is 0. The SMILES string of the molecule is CCCC(C)C(=O)c1ccccc1C(F)(F)F. The van der Waals surface area contributed by atoms with E-state index in [2.05, 4.69) is 0 Å². The number of hydrogen-bond acceptors (Lipinski definition) is 1. The summed E-state index contributed by atoms with van der Waals surface area (Å²) in [5.74, 6) is -0.803. The average Bonchev–Trinajstić information content (AvgIpc) is 2.27. The van der Waals surface area contributed by atoms with Crippen LogP contribution in [-0.4, -0.2) is 5.78 Å². The minimum absolute atomic E-state index is 0.221. The molecule has 94 valence electrons. The second kappa shape index (κ2) is 5.34. The highest BCUT2D eigenvalue weighted by Crippen LogP contribution is 2.33. The first-order valence-electron chi connectivity index (χ1n) is 5.58. The van der Waals surface area contributed by atoms with Crippen molar-refractivity contribution in [2.45, 2.75) is 32.9 Å². The van der Waals surface area contributed by atoms with Crippen LogP contribution < -0.4 is 0 Å². The van der Waals surface area contributed by atoms with E-state index in [4.69, 9.17) is 0 Å². The van der Waals surface area contributed by atoms with E-state index < -0.39 is 17.5 Å². The van der Waals surface area contributed by atoms with Gasteiger partial charge >= 0.3 is 6.18 Å². The Bertz CT molecular complexity index is 396. The van der Waals surface area contributed by atoms with Crippen molar-refractivity contribution in [3.63, 3.8) is 0 Å². The van der Waals surface area contributed by atoms with Crippen LogP contribution in [0.3, 0.4) is 0 Å². The number of benzene rings is 1. The van der Waals surface area contributed by atoms with Gasteiger partial charge in [-0.2, -0.15) is 13.2 Å². The van der Waals surface area contributed by atoms with Crippen molar-refractivity contribution in [2.24, 2.45) is 5.92 Å². The molecule has 0 aliphatic rings. The molecule has 4 heteroatoms. The first kappa shape index (κ1) is 13.7. The number of Topliss-reactive ketones (excluding diaryl/α,β-unsaturated/α-hetero) is 1. The van der Waals surface area contributed by atoms with Gasteiger partial charge in [-0.05, 0) is 12.5 Å². The van der Waals surface area contributed by atoms with E-state index in [9.17, 15) is 18.0 Å². The lowest BCUT2D eigenvalue weighted by Crippen LogP contribution is -2.17. The molecule has 0 saturated carbocycles. The highest BCUT2D eigenvalue weighted by Gasteiger charge is 2.35. The van der Waals surface area contributed by atoms with Gasteiger partial charge in [0.2, 0.25) is 0 Å². The summed E-state index contributed by atoms with van der Waals surface area (Å²) in [6.07, 6.45) is -3.09. The maximum Gasteiger partial charge on any atom is 0.417 e. The van der Waals surface area contributed by atoms with Crippen LogP contribution in [0.5, 0.6) is 0 Å². The van der Waals surface area contributed by atoms with Gasteiger partial charge in [0, 0.05) is 11.5 Å². The average molecular weight is 244 g/mol. The maximum absolute atomic E-state index is 12.7. The summed E-state index contributed by atoms with van der Waals surface area (Å²) in [6.45, 7) is 3.57. The second-order valence-corrected chi connectivity index (χ2v) is 4.10. The van der Waals surface area contributed by atoms with Crippen LogP contribution in [0.15, 0.2) is 24.3 Å². The van der Waals surface area contributed by atoms with Crippen LogP contribution in [0.1, 0.15) is 42.6 Å². The predicted octanol–water partition coefficient (Wildman–Crippen LogP) is 4.32. The number of carbonyl (C=O) groups excluding carboxylic acids is 1. The highest BCUT2D eigenvalue weighted by atomic mass is 19.4. The van der Waals surface area contributed by atoms with E-state index in [1.165, 1.54) is 18.2 Å². The van der Waals surface area contributed by atoms with Gasteiger partial charge in [0.05, 0.1) is 5.56 Å². The van der Waals surface area contributed by atoms with Gasteiger partial charge in [-0.25, -0.2) is 0 Å². The predicted molar refractivity (Wildman–Crippen MR) is 59.8 cm³/mol. The highest BCUT2D eigenvalue weighted by molar-refractivity contribution is 5.99. The summed E-state index contributed by atoms with van der Waals surface area (Å²) in [4.78, 5) is 11.9. The lowest BCUT2D eigenvalue weighted by Gasteiger charge is -2.14. The Balaban J connectivity index is 3.10.